The molecule has 4 nitrogen and oxygen atoms in total. The van der Waals surface area contributed by atoms with Crippen molar-refractivity contribution in [2.24, 2.45) is 11.7 Å². The van der Waals surface area contributed by atoms with Gasteiger partial charge in [-0.3, -0.25) is 9.59 Å². The molecule has 4 heteroatoms. The van der Waals surface area contributed by atoms with Crippen molar-refractivity contribution >= 4 is 11.8 Å². The standard InChI is InChI=1S/C13H21NO3/c14-7-3-6-13(10-4-1-2-5-10)9-11(15)8-12(16)17-13/h10H,1-9,14H2. The summed E-state index contributed by atoms with van der Waals surface area (Å²) in [4.78, 5) is 23.2. The molecule has 1 saturated heterocycles. The van der Waals surface area contributed by atoms with E-state index in [-0.39, 0.29) is 18.2 Å². The molecule has 0 spiro atoms. The first-order valence-corrected chi connectivity index (χ1v) is 6.60. The largest absolute Gasteiger partial charge is 0.458 e. The molecule has 1 unspecified atom stereocenters. The molecule has 0 radical (unpaired) electrons. The number of nitrogens with two attached hydrogens (primary N) is 1. The summed E-state index contributed by atoms with van der Waals surface area (Å²) in [7, 11) is 0. The first-order valence-electron chi connectivity index (χ1n) is 6.60. The van der Waals surface area contributed by atoms with Gasteiger partial charge in [-0.1, -0.05) is 12.8 Å². The van der Waals surface area contributed by atoms with E-state index in [1.54, 1.807) is 0 Å². The second-order valence-corrected chi connectivity index (χ2v) is 5.30. The minimum atomic E-state index is -0.526. The average molecular weight is 239 g/mol. The third kappa shape index (κ3) is 2.68. The van der Waals surface area contributed by atoms with Crippen LogP contribution in [0.3, 0.4) is 0 Å². The van der Waals surface area contributed by atoms with Gasteiger partial charge in [0.1, 0.15) is 17.8 Å². The lowest BCUT2D eigenvalue weighted by Crippen LogP contribution is -2.48. The Bertz CT molecular complexity index is 292. The molecule has 1 heterocycles. The maximum atomic E-state index is 11.7. The van der Waals surface area contributed by atoms with Gasteiger partial charge in [-0.15, -0.1) is 0 Å². The van der Waals surface area contributed by atoms with Gasteiger partial charge in [0, 0.05) is 6.42 Å². The predicted octanol–water partition coefficient (Wildman–Crippen LogP) is 1.56. The zero-order valence-electron chi connectivity index (χ0n) is 10.2. The van der Waals surface area contributed by atoms with Crippen LogP contribution in [0.1, 0.15) is 51.4 Å². The number of cyclic esters (lactones) is 1. The van der Waals surface area contributed by atoms with Crippen LogP contribution in [0, 0.1) is 5.92 Å². The van der Waals surface area contributed by atoms with E-state index in [4.69, 9.17) is 10.5 Å². The van der Waals surface area contributed by atoms with Gasteiger partial charge in [0.2, 0.25) is 0 Å². The third-order valence-corrected chi connectivity index (χ3v) is 4.06. The molecule has 17 heavy (non-hydrogen) atoms. The quantitative estimate of drug-likeness (QED) is 0.597. The molecule has 0 bridgehead atoms. The Balaban J connectivity index is 2.15. The van der Waals surface area contributed by atoms with E-state index in [0.29, 0.717) is 18.9 Å². The number of esters is 1. The molecule has 2 aliphatic rings. The molecule has 96 valence electrons. The molecule has 0 aromatic carbocycles. The first kappa shape index (κ1) is 12.6. The van der Waals surface area contributed by atoms with Crippen molar-refractivity contribution in [3.63, 3.8) is 0 Å². The number of rotatable bonds is 4. The number of carbonyl (C=O) groups excluding carboxylic acids is 2. The van der Waals surface area contributed by atoms with Crippen molar-refractivity contribution < 1.29 is 14.3 Å². The van der Waals surface area contributed by atoms with Gasteiger partial charge >= 0.3 is 5.97 Å². The highest BCUT2D eigenvalue weighted by Crippen LogP contribution is 2.43. The zero-order valence-corrected chi connectivity index (χ0v) is 10.2. The van der Waals surface area contributed by atoms with Crippen molar-refractivity contribution in [1.29, 1.82) is 0 Å². The normalized spacial score (nSPS) is 30.6. The molecule has 1 aliphatic heterocycles. The summed E-state index contributed by atoms with van der Waals surface area (Å²) in [6.07, 6.45) is 6.43. The average Bonchev–Trinajstić information content (AvgIpc) is 2.79. The number of hydrogen-bond acceptors (Lipinski definition) is 4. The van der Waals surface area contributed by atoms with E-state index in [0.717, 1.165) is 25.7 Å². The molecule has 2 rings (SSSR count). The third-order valence-electron chi connectivity index (χ3n) is 4.06. The lowest BCUT2D eigenvalue weighted by molar-refractivity contribution is -0.178. The van der Waals surface area contributed by atoms with E-state index in [9.17, 15) is 9.59 Å². The van der Waals surface area contributed by atoms with Crippen molar-refractivity contribution in [1.82, 2.24) is 0 Å². The fourth-order valence-electron chi connectivity index (χ4n) is 3.28. The number of ketones is 1. The summed E-state index contributed by atoms with van der Waals surface area (Å²) < 4.78 is 5.62. The van der Waals surface area contributed by atoms with Crippen molar-refractivity contribution in [2.45, 2.75) is 57.0 Å². The van der Waals surface area contributed by atoms with Crippen LogP contribution in [0.5, 0.6) is 0 Å². The molecule has 1 atom stereocenters. The van der Waals surface area contributed by atoms with E-state index < -0.39 is 5.60 Å². The number of ether oxygens (including phenoxy) is 1. The molecule has 1 saturated carbocycles. The minimum Gasteiger partial charge on any atom is -0.458 e. The molecule has 0 amide bonds. The van der Waals surface area contributed by atoms with Gasteiger partial charge in [0.15, 0.2) is 0 Å². The summed E-state index contributed by atoms with van der Waals surface area (Å²) in [5.41, 5.74) is 5.02. The van der Waals surface area contributed by atoms with E-state index >= 15 is 0 Å². The SMILES string of the molecule is NCCCC1(C2CCCC2)CC(=O)CC(=O)O1. The molecule has 0 aromatic rings. The lowest BCUT2D eigenvalue weighted by atomic mass is 9.76. The summed E-state index contributed by atoms with van der Waals surface area (Å²) in [5.74, 6) is 0.0533. The summed E-state index contributed by atoms with van der Waals surface area (Å²) in [6, 6.07) is 0. The maximum Gasteiger partial charge on any atom is 0.313 e. The minimum absolute atomic E-state index is 0.0326. The van der Waals surface area contributed by atoms with Gasteiger partial charge in [-0.05, 0) is 38.1 Å². The van der Waals surface area contributed by atoms with Crippen LogP contribution in [0.4, 0.5) is 0 Å². The Morgan fingerprint density at radius 3 is 2.59 bits per heavy atom. The van der Waals surface area contributed by atoms with E-state index in [2.05, 4.69) is 0 Å². The molecule has 2 N–H and O–H groups in total. The highest BCUT2D eigenvalue weighted by atomic mass is 16.6. The van der Waals surface area contributed by atoms with Crippen LogP contribution in [0.15, 0.2) is 0 Å². The first-order chi connectivity index (χ1) is 8.16. The van der Waals surface area contributed by atoms with Crippen molar-refractivity contribution in [3.05, 3.63) is 0 Å². The number of hydrogen-bond donors (Lipinski definition) is 1. The Kier molecular flexibility index (Phi) is 3.82. The molecular weight excluding hydrogens is 218 g/mol. The predicted molar refractivity (Wildman–Crippen MR) is 63.3 cm³/mol. The Labute approximate surface area is 102 Å². The van der Waals surface area contributed by atoms with Crippen molar-refractivity contribution in [2.75, 3.05) is 6.54 Å². The van der Waals surface area contributed by atoms with Crippen molar-refractivity contribution in [3.8, 4) is 0 Å². The fourth-order valence-corrected chi connectivity index (χ4v) is 3.28. The van der Waals surface area contributed by atoms with E-state index in [1.807, 2.05) is 0 Å². The van der Waals surface area contributed by atoms with Gasteiger partial charge in [0.25, 0.3) is 0 Å². The second-order valence-electron chi connectivity index (χ2n) is 5.30. The van der Waals surface area contributed by atoms with Gasteiger partial charge in [-0.25, -0.2) is 0 Å². The van der Waals surface area contributed by atoms with Crippen LogP contribution < -0.4 is 5.73 Å². The van der Waals surface area contributed by atoms with Crippen LogP contribution >= 0.6 is 0 Å². The maximum absolute atomic E-state index is 11.7. The Morgan fingerprint density at radius 1 is 1.29 bits per heavy atom. The van der Waals surface area contributed by atoms with Gasteiger partial charge in [-0.2, -0.15) is 0 Å². The lowest BCUT2D eigenvalue weighted by Gasteiger charge is -2.40. The number of Topliss-reactive ketones (excluding diaryl/α,β-unsaturated/α-hetero) is 1. The number of carbonyl (C=O) groups is 2. The second kappa shape index (κ2) is 5.17. The van der Waals surface area contributed by atoms with Gasteiger partial charge in [0.05, 0.1) is 0 Å². The Hall–Kier alpha value is -0.900. The fraction of sp³-hybridized carbons (Fsp3) is 0.846. The van der Waals surface area contributed by atoms with Crippen LogP contribution in [0.2, 0.25) is 0 Å². The highest BCUT2D eigenvalue weighted by molar-refractivity contribution is 5.98. The zero-order chi connectivity index (χ0) is 12.3. The monoisotopic (exact) mass is 239 g/mol. The van der Waals surface area contributed by atoms with Crippen LogP contribution in [0.25, 0.3) is 0 Å². The summed E-state index contributed by atoms with van der Waals surface area (Å²) in [5, 5.41) is 0. The van der Waals surface area contributed by atoms with Gasteiger partial charge < -0.3 is 10.5 Å². The molecule has 1 aliphatic carbocycles. The van der Waals surface area contributed by atoms with Crippen LogP contribution in [-0.2, 0) is 14.3 Å². The highest BCUT2D eigenvalue weighted by Gasteiger charge is 2.47. The molecular formula is C13H21NO3. The van der Waals surface area contributed by atoms with E-state index in [1.165, 1.54) is 12.8 Å². The Morgan fingerprint density at radius 2 is 2.00 bits per heavy atom. The smallest absolute Gasteiger partial charge is 0.313 e. The van der Waals surface area contributed by atoms with Crippen LogP contribution in [-0.4, -0.2) is 23.9 Å². The topological polar surface area (TPSA) is 69.4 Å². The molecule has 2 fully saturated rings. The summed E-state index contributed by atoms with van der Waals surface area (Å²) >= 11 is 0. The summed E-state index contributed by atoms with van der Waals surface area (Å²) in [6.45, 7) is 0.584. The molecule has 0 aromatic heterocycles.